The van der Waals surface area contributed by atoms with Crippen LogP contribution < -0.4 is 20.3 Å². The third kappa shape index (κ3) is 6.67. The summed E-state index contributed by atoms with van der Waals surface area (Å²) in [5.74, 6) is 0.0400. The third-order valence-electron chi connectivity index (χ3n) is 4.35. The molecule has 1 unspecified atom stereocenters. The quantitative estimate of drug-likeness (QED) is 0.527. The van der Waals surface area contributed by atoms with Crippen LogP contribution in [0.1, 0.15) is 13.3 Å². The van der Waals surface area contributed by atoms with E-state index in [9.17, 15) is 18.0 Å². The number of hydrogen-bond donors (Lipinski definition) is 3. The number of carbonyl (C=O) groups excluding carboxylic acids is 2. The molecule has 2 atom stereocenters. The maximum absolute atomic E-state index is 12.3. The van der Waals surface area contributed by atoms with Gasteiger partial charge < -0.3 is 20.3 Å². The van der Waals surface area contributed by atoms with Crippen molar-refractivity contribution < 1.29 is 27.6 Å². The van der Waals surface area contributed by atoms with E-state index in [1.165, 1.54) is 7.11 Å². The zero-order valence-electron chi connectivity index (χ0n) is 15.4. The van der Waals surface area contributed by atoms with E-state index < -0.39 is 9.84 Å². The Morgan fingerprint density at radius 2 is 2.00 bits per heavy atom. The minimum absolute atomic E-state index is 0.0186. The zero-order valence-corrected chi connectivity index (χ0v) is 17.0. The molecule has 27 heavy (non-hydrogen) atoms. The Hall–Kier alpha value is -1.84. The van der Waals surface area contributed by atoms with Crippen molar-refractivity contribution in [3.63, 3.8) is 0 Å². The number of hydrogen-bond acceptors (Lipinski definition) is 5. The van der Waals surface area contributed by atoms with Crippen LogP contribution in [0.5, 0.6) is 5.75 Å². The number of likely N-dealkylation sites (N-methyl/N-ethyl adjacent to an activating group) is 1. The Morgan fingerprint density at radius 3 is 2.59 bits per heavy atom. The summed E-state index contributed by atoms with van der Waals surface area (Å²) >= 11 is 5.95. The van der Waals surface area contributed by atoms with E-state index in [0.717, 1.165) is 4.90 Å². The lowest BCUT2D eigenvalue weighted by Crippen LogP contribution is -3.14. The maximum atomic E-state index is 12.3. The molecule has 0 saturated carbocycles. The largest absolute Gasteiger partial charge is 0.495 e. The Kier molecular flexibility index (Phi) is 7.46. The summed E-state index contributed by atoms with van der Waals surface area (Å²) in [6.07, 6.45) is 0.435. The highest BCUT2D eigenvalue weighted by molar-refractivity contribution is 7.91. The lowest BCUT2D eigenvalue weighted by atomic mass is 10.2. The van der Waals surface area contributed by atoms with Gasteiger partial charge in [0.15, 0.2) is 22.9 Å². The SMILES string of the molecule is CC[NH+](CC(=O)Nc1cc(Cl)ccc1OC)CC(=O)N[C@@H]1CCS(=O)(=O)C1. The predicted molar refractivity (Wildman–Crippen MR) is 103 cm³/mol. The van der Waals surface area contributed by atoms with E-state index >= 15 is 0 Å². The first-order valence-corrected chi connectivity index (χ1v) is 10.9. The predicted octanol–water partition coefficient (Wildman–Crippen LogP) is -0.505. The second-order valence-corrected chi connectivity index (χ2v) is 9.18. The number of nitrogens with one attached hydrogen (secondary N) is 3. The summed E-state index contributed by atoms with van der Waals surface area (Å²) in [5.41, 5.74) is 0.464. The molecule has 1 heterocycles. The Bertz CT molecular complexity index is 800. The highest BCUT2D eigenvalue weighted by Gasteiger charge is 2.29. The van der Waals surface area contributed by atoms with Crippen LogP contribution >= 0.6 is 11.6 Å². The fourth-order valence-electron chi connectivity index (χ4n) is 2.93. The molecule has 0 spiro atoms. The summed E-state index contributed by atoms with van der Waals surface area (Å²) in [7, 11) is -1.55. The first kappa shape index (κ1) is 21.5. The molecule has 0 radical (unpaired) electrons. The molecule has 1 aromatic rings. The molecule has 0 bridgehead atoms. The van der Waals surface area contributed by atoms with Crippen molar-refractivity contribution in [2.45, 2.75) is 19.4 Å². The number of quaternary nitrogens is 1. The van der Waals surface area contributed by atoms with Gasteiger partial charge in [-0.1, -0.05) is 11.6 Å². The number of sulfone groups is 1. The number of benzene rings is 1. The molecular formula is C17H25ClN3O5S+. The normalized spacial score (nSPS) is 19.3. The number of amides is 2. The number of rotatable bonds is 8. The average Bonchev–Trinajstić information content (AvgIpc) is 2.92. The second kappa shape index (κ2) is 9.38. The molecule has 2 amide bonds. The van der Waals surface area contributed by atoms with Crippen molar-refractivity contribution in [1.82, 2.24) is 5.32 Å². The lowest BCUT2D eigenvalue weighted by molar-refractivity contribution is -0.881. The molecule has 10 heteroatoms. The number of carbonyl (C=O) groups is 2. The van der Waals surface area contributed by atoms with Crippen LogP contribution in [0.15, 0.2) is 18.2 Å². The Balaban J connectivity index is 1.87. The first-order valence-electron chi connectivity index (χ1n) is 8.69. The molecular weight excluding hydrogens is 394 g/mol. The fourth-order valence-corrected chi connectivity index (χ4v) is 4.77. The maximum Gasteiger partial charge on any atom is 0.279 e. The van der Waals surface area contributed by atoms with Crippen LogP contribution in [0.4, 0.5) is 5.69 Å². The average molecular weight is 419 g/mol. The topological polar surface area (TPSA) is 106 Å². The molecule has 3 N–H and O–H groups in total. The van der Waals surface area contributed by atoms with E-state index in [0.29, 0.717) is 29.4 Å². The van der Waals surface area contributed by atoms with Crippen molar-refractivity contribution >= 4 is 38.9 Å². The van der Waals surface area contributed by atoms with Crippen LogP contribution in [-0.4, -0.2) is 64.5 Å². The minimum atomic E-state index is -3.05. The van der Waals surface area contributed by atoms with E-state index in [1.807, 2.05) is 6.92 Å². The molecule has 1 aliphatic heterocycles. The molecule has 150 valence electrons. The summed E-state index contributed by atoms with van der Waals surface area (Å²) in [4.78, 5) is 25.3. The van der Waals surface area contributed by atoms with Gasteiger partial charge >= 0.3 is 0 Å². The van der Waals surface area contributed by atoms with Crippen molar-refractivity contribution in [2.24, 2.45) is 0 Å². The van der Waals surface area contributed by atoms with Gasteiger partial charge in [0, 0.05) is 11.1 Å². The lowest BCUT2D eigenvalue weighted by Gasteiger charge is -2.19. The third-order valence-corrected chi connectivity index (χ3v) is 6.36. The van der Waals surface area contributed by atoms with E-state index in [4.69, 9.17) is 16.3 Å². The number of anilines is 1. The number of halogens is 1. The summed E-state index contributed by atoms with van der Waals surface area (Å²) in [6, 6.07) is 4.57. The van der Waals surface area contributed by atoms with Crippen molar-refractivity contribution in [3.05, 3.63) is 23.2 Å². The van der Waals surface area contributed by atoms with Crippen LogP contribution in [0.25, 0.3) is 0 Å². The Labute approximate surface area is 164 Å². The Morgan fingerprint density at radius 1 is 1.30 bits per heavy atom. The fraction of sp³-hybridized carbons (Fsp3) is 0.529. The van der Waals surface area contributed by atoms with Crippen LogP contribution in [0, 0.1) is 0 Å². The van der Waals surface area contributed by atoms with Gasteiger partial charge in [-0.25, -0.2) is 8.42 Å². The highest BCUT2D eigenvalue weighted by atomic mass is 35.5. The minimum Gasteiger partial charge on any atom is -0.495 e. The van der Waals surface area contributed by atoms with Gasteiger partial charge in [0.2, 0.25) is 0 Å². The first-order chi connectivity index (χ1) is 12.7. The van der Waals surface area contributed by atoms with Gasteiger partial charge in [-0.05, 0) is 31.5 Å². The van der Waals surface area contributed by atoms with Crippen LogP contribution in [-0.2, 0) is 19.4 Å². The molecule has 8 nitrogen and oxygen atoms in total. The van der Waals surface area contributed by atoms with Crippen LogP contribution in [0.2, 0.25) is 5.02 Å². The van der Waals surface area contributed by atoms with Gasteiger partial charge in [0.25, 0.3) is 11.8 Å². The van der Waals surface area contributed by atoms with Crippen molar-refractivity contribution in [1.29, 1.82) is 0 Å². The van der Waals surface area contributed by atoms with Gasteiger partial charge in [0.1, 0.15) is 5.75 Å². The second-order valence-electron chi connectivity index (χ2n) is 6.52. The van der Waals surface area contributed by atoms with Gasteiger partial charge in [-0.15, -0.1) is 0 Å². The van der Waals surface area contributed by atoms with Gasteiger partial charge in [0.05, 0.1) is 30.8 Å². The summed E-state index contributed by atoms with van der Waals surface area (Å²) < 4.78 is 28.1. The molecule has 1 fully saturated rings. The summed E-state index contributed by atoms with van der Waals surface area (Å²) in [5, 5.41) is 5.95. The van der Waals surface area contributed by atoms with E-state index in [-0.39, 0.29) is 42.5 Å². The highest BCUT2D eigenvalue weighted by Crippen LogP contribution is 2.27. The van der Waals surface area contributed by atoms with E-state index in [1.54, 1.807) is 18.2 Å². The standard InChI is InChI=1S/C17H24ClN3O5S/c1-3-21(9-16(22)19-13-6-7-27(24,25)11-13)10-17(23)20-14-8-12(18)4-5-15(14)26-2/h4-5,8,13H,3,6-7,9-11H2,1-2H3,(H,19,22)(H,20,23)/p+1/t13-/m1/s1. The number of methoxy groups -OCH3 is 1. The van der Waals surface area contributed by atoms with Crippen LogP contribution in [0.3, 0.4) is 0 Å². The monoisotopic (exact) mass is 418 g/mol. The molecule has 1 aliphatic rings. The molecule has 0 aliphatic carbocycles. The molecule has 0 aromatic heterocycles. The van der Waals surface area contributed by atoms with Gasteiger partial charge in [-0.2, -0.15) is 0 Å². The van der Waals surface area contributed by atoms with E-state index in [2.05, 4.69) is 10.6 Å². The van der Waals surface area contributed by atoms with Crippen molar-refractivity contribution in [3.8, 4) is 5.75 Å². The molecule has 1 saturated heterocycles. The molecule has 2 rings (SSSR count). The molecule has 1 aromatic carbocycles. The van der Waals surface area contributed by atoms with Gasteiger partial charge in [-0.3, -0.25) is 9.59 Å². The smallest absolute Gasteiger partial charge is 0.279 e. The van der Waals surface area contributed by atoms with Crippen molar-refractivity contribution in [2.75, 3.05) is 43.6 Å². The summed E-state index contributed by atoms with van der Waals surface area (Å²) in [6.45, 7) is 2.61. The number of ether oxygens (including phenoxy) is 1. The zero-order chi connectivity index (χ0) is 20.0.